The Morgan fingerprint density at radius 3 is 2.05 bits per heavy atom. The Morgan fingerprint density at radius 2 is 1.48 bits per heavy atom. The van der Waals surface area contributed by atoms with E-state index >= 15 is 0 Å². The largest absolute Gasteiger partial charge is 0.354 e. The fraction of sp³-hybridized carbons (Fsp3) is 0.474. The third-order valence-electron chi connectivity index (χ3n) is 4.83. The topological polar surface area (TPSA) is 6.48 Å². The summed E-state index contributed by atoms with van der Waals surface area (Å²) in [5.74, 6) is 0. The summed E-state index contributed by atoms with van der Waals surface area (Å²) < 4.78 is 0. The van der Waals surface area contributed by atoms with Crippen LogP contribution in [0.25, 0.3) is 10.8 Å². The van der Waals surface area contributed by atoms with E-state index < -0.39 is 0 Å². The van der Waals surface area contributed by atoms with Crippen molar-refractivity contribution in [2.24, 2.45) is 0 Å². The third kappa shape index (κ3) is 2.48. The minimum absolute atomic E-state index is 0.474. The normalized spacial score (nSPS) is 15.0. The molecular formula is C19H26N2. The molecule has 0 radical (unpaired) electrons. The summed E-state index contributed by atoms with van der Waals surface area (Å²) in [7, 11) is 4.48. The fourth-order valence-corrected chi connectivity index (χ4v) is 3.61. The van der Waals surface area contributed by atoms with Gasteiger partial charge >= 0.3 is 0 Å². The second-order valence-corrected chi connectivity index (χ2v) is 6.20. The molecule has 1 heterocycles. The van der Waals surface area contributed by atoms with Crippen LogP contribution in [-0.2, 0) is 0 Å². The number of benzene rings is 2. The molecule has 0 N–H and O–H groups in total. The first-order chi connectivity index (χ1) is 10.2. The molecule has 2 nitrogen and oxygen atoms in total. The maximum Gasteiger partial charge on any atom is 0.101 e. The smallest absolute Gasteiger partial charge is 0.101 e. The van der Waals surface area contributed by atoms with E-state index in [1.54, 1.807) is 0 Å². The minimum Gasteiger partial charge on any atom is -0.354 e. The monoisotopic (exact) mass is 282 g/mol. The van der Waals surface area contributed by atoms with Gasteiger partial charge in [-0.25, -0.2) is 0 Å². The zero-order valence-electron chi connectivity index (χ0n) is 13.5. The van der Waals surface area contributed by atoms with E-state index in [1.165, 1.54) is 54.3 Å². The number of nitrogens with zero attached hydrogens (tertiary/aromatic N) is 2. The lowest BCUT2D eigenvalue weighted by Crippen LogP contribution is -2.47. The van der Waals surface area contributed by atoms with Gasteiger partial charge in [0.15, 0.2) is 0 Å². The fourth-order valence-electron chi connectivity index (χ4n) is 3.61. The molecule has 0 atom stereocenters. The van der Waals surface area contributed by atoms with Crippen LogP contribution < -0.4 is 9.80 Å². The summed E-state index contributed by atoms with van der Waals surface area (Å²) in [6, 6.07) is 13.3. The number of rotatable bonds is 5. The van der Waals surface area contributed by atoms with Crippen molar-refractivity contribution in [3.05, 3.63) is 36.4 Å². The average Bonchev–Trinajstić information content (AvgIpc) is 2.51. The van der Waals surface area contributed by atoms with Crippen LogP contribution in [0.3, 0.4) is 0 Å². The molecule has 2 aromatic rings. The number of anilines is 2. The van der Waals surface area contributed by atoms with Crippen molar-refractivity contribution in [3.63, 3.8) is 0 Å². The van der Waals surface area contributed by atoms with Crippen LogP contribution in [0, 0.1) is 0 Å². The Morgan fingerprint density at radius 1 is 0.857 bits per heavy atom. The van der Waals surface area contributed by atoms with E-state index in [1.807, 2.05) is 0 Å². The Hall–Kier alpha value is -1.70. The Labute approximate surface area is 128 Å². The Kier molecular flexibility index (Phi) is 4.05. The molecule has 3 rings (SSSR count). The van der Waals surface area contributed by atoms with Crippen molar-refractivity contribution >= 4 is 22.1 Å². The summed E-state index contributed by atoms with van der Waals surface area (Å²) in [4.78, 5) is 4.92. The first-order valence-corrected chi connectivity index (χ1v) is 8.21. The molecule has 0 saturated carbocycles. The summed E-state index contributed by atoms with van der Waals surface area (Å²) in [6.07, 6.45) is 7.02. The van der Waals surface area contributed by atoms with Gasteiger partial charge in [0.2, 0.25) is 0 Å². The predicted octanol–water partition coefficient (Wildman–Crippen LogP) is 5.02. The lowest BCUT2D eigenvalue weighted by molar-refractivity contribution is 0.520. The lowest BCUT2D eigenvalue weighted by atomic mass is 10.00. The van der Waals surface area contributed by atoms with Gasteiger partial charge in [-0.2, -0.15) is 0 Å². The molecule has 0 aromatic heterocycles. The van der Waals surface area contributed by atoms with E-state index in [4.69, 9.17) is 0 Å². The van der Waals surface area contributed by atoms with Crippen molar-refractivity contribution in [3.8, 4) is 0 Å². The molecule has 0 spiro atoms. The van der Waals surface area contributed by atoms with Crippen LogP contribution >= 0.6 is 0 Å². The van der Waals surface area contributed by atoms with Crippen molar-refractivity contribution in [2.75, 3.05) is 23.9 Å². The van der Waals surface area contributed by atoms with Gasteiger partial charge < -0.3 is 9.80 Å². The molecule has 0 aliphatic carbocycles. The molecule has 0 bridgehead atoms. The summed E-state index contributed by atoms with van der Waals surface area (Å²) in [5.41, 5.74) is 2.75. The molecule has 0 unspecified atom stereocenters. The molecule has 0 fully saturated rings. The highest BCUT2D eigenvalue weighted by Crippen LogP contribution is 2.41. The van der Waals surface area contributed by atoms with Gasteiger partial charge in [0, 0.05) is 30.9 Å². The molecule has 1 aliphatic heterocycles. The van der Waals surface area contributed by atoms with Crippen molar-refractivity contribution in [1.82, 2.24) is 0 Å². The van der Waals surface area contributed by atoms with E-state index in [-0.39, 0.29) is 0 Å². The van der Waals surface area contributed by atoms with Gasteiger partial charge in [-0.15, -0.1) is 0 Å². The zero-order chi connectivity index (χ0) is 14.8. The van der Waals surface area contributed by atoms with Crippen LogP contribution in [0.1, 0.15) is 39.0 Å². The highest BCUT2D eigenvalue weighted by atomic mass is 15.4. The number of hydrogen-bond acceptors (Lipinski definition) is 2. The van der Waals surface area contributed by atoms with Gasteiger partial charge in [-0.1, -0.05) is 50.5 Å². The highest BCUT2D eigenvalue weighted by Gasteiger charge is 2.28. The van der Waals surface area contributed by atoms with Crippen LogP contribution in [0.2, 0.25) is 0 Å². The molecule has 21 heavy (non-hydrogen) atoms. The van der Waals surface area contributed by atoms with Crippen molar-refractivity contribution in [2.45, 2.75) is 45.2 Å². The predicted molar refractivity (Wildman–Crippen MR) is 93.3 cm³/mol. The van der Waals surface area contributed by atoms with Crippen molar-refractivity contribution in [1.29, 1.82) is 0 Å². The number of unbranched alkanes of at least 4 members (excludes halogenated alkanes) is 3. The average molecular weight is 282 g/mol. The van der Waals surface area contributed by atoms with E-state index in [9.17, 15) is 0 Å². The van der Waals surface area contributed by atoms with E-state index in [0.717, 1.165) is 0 Å². The third-order valence-corrected chi connectivity index (χ3v) is 4.83. The summed E-state index contributed by atoms with van der Waals surface area (Å²) in [6.45, 7) is 2.27. The molecule has 112 valence electrons. The van der Waals surface area contributed by atoms with Crippen LogP contribution in [0.15, 0.2) is 36.4 Å². The standard InChI is InChI=1S/C19H26N2/c1-4-5-6-7-14-18-20(2)16-12-8-10-15-11-9-13-17(19(15)16)21(18)3/h8-13,18H,4-7,14H2,1-3H3. The van der Waals surface area contributed by atoms with Crippen LogP contribution in [-0.4, -0.2) is 20.3 Å². The molecular weight excluding hydrogens is 256 g/mol. The Balaban J connectivity index is 1.91. The molecule has 0 amide bonds. The second kappa shape index (κ2) is 5.97. The molecule has 0 saturated heterocycles. The van der Waals surface area contributed by atoms with E-state index in [0.29, 0.717) is 6.17 Å². The SMILES string of the molecule is CCCCCCC1N(C)c2cccc3cccc(c23)N1C. The molecule has 2 heteroatoms. The Bertz CT molecular complexity index is 575. The maximum atomic E-state index is 2.46. The number of hydrogen-bond donors (Lipinski definition) is 0. The lowest BCUT2D eigenvalue weighted by Gasteiger charge is -2.43. The highest BCUT2D eigenvalue weighted by molar-refractivity contribution is 6.05. The first kappa shape index (κ1) is 14.2. The molecule has 2 aromatic carbocycles. The van der Waals surface area contributed by atoms with E-state index in [2.05, 4.69) is 67.2 Å². The minimum atomic E-state index is 0.474. The van der Waals surface area contributed by atoms with Gasteiger partial charge in [0.05, 0.1) is 0 Å². The maximum absolute atomic E-state index is 2.46. The quantitative estimate of drug-likeness (QED) is 0.710. The second-order valence-electron chi connectivity index (χ2n) is 6.20. The zero-order valence-corrected chi connectivity index (χ0v) is 13.5. The van der Waals surface area contributed by atoms with Crippen LogP contribution in [0.4, 0.5) is 11.4 Å². The van der Waals surface area contributed by atoms with Crippen LogP contribution in [0.5, 0.6) is 0 Å². The van der Waals surface area contributed by atoms with Gasteiger partial charge in [-0.3, -0.25) is 0 Å². The van der Waals surface area contributed by atoms with Gasteiger partial charge in [0.1, 0.15) is 6.17 Å². The summed E-state index contributed by atoms with van der Waals surface area (Å²) in [5, 5.41) is 2.74. The molecule has 1 aliphatic rings. The summed E-state index contributed by atoms with van der Waals surface area (Å²) >= 11 is 0. The van der Waals surface area contributed by atoms with Gasteiger partial charge in [0.25, 0.3) is 0 Å². The van der Waals surface area contributed by atoms with Gasteiger partial charge in [-0.05, 0) is 30.4 Å². The van der Waals surface area contributed by atoms with Crippen molar-refractivity contribution < 1.29 is 0 Å². The first-order valence-electron chi connectivity index (χ1n) is 8.21.